The third-order valence-electron chi connectivity index (χ3n) is 3.55. The Hall–Kier alpha value is -2.36. The topological polar surface area (TPSA) is 62.6 Å². The Balaban J connectivity index is 1.99. The Morgan fingerprint density at radius 3 is 2.38 bits per heavy atom. The van der Waals surface area contributed by atoms with Crippen molar-refractivity contribution in [3.05, 3.63) is 29.3 Å². The predicted octanol–water partition coefficient (Wildman–Crippen LogP) is 3.61. The van der Waals surface area contributed by atoms with Crippen LogP contribution in [0, 0.1) is 23.0 Å². The maximum absolute atomic E-state index is 13.8. The SMILES string of the molecule is CC(C)(C)OC(=O)N1CCC(Oc2c(F)ccc(F)c2C#N)CC1. The van der Waals surface area contributed by atoms with Gasteiger partial charge < -0.3 is 14.4 Å². The van der Waals surface area contributed by atoms with E-state index in [9.17, 15) is 13.6 Å². The second-order valence-electron chi connectivity index (χ2n) is 6.63. The number of piperidine rings is 1. The summed E-state index contributed by atoms with van der Waals surface area (Å²) in [5.41, 5.74) is -1.01. The highest BCUT2D eigenvalue weighted by atomic mass is 19.1. The summed E-state index contributed by atoms with van der Waals surface area (Å²) in [5.74, 6) is -1.96. The Labute approximate surface area is 139 Å². The molecule has 0 radical (unpaired) electrons. The fourth-order valence-electron chi connectivity index (χ4n) is 2.40. The van der Waals surface area contributed by atoms with Crippen molar-refractivity contribution in [2.45, 2.75) is 45.3 Å². The van der Waals surface area contributed by atoms with Crippen LogP contribution >= 0.6 is 0 Å². The minimum atomic E-state index is -0.819. The zero-order valence-corrected chi connectivity index (χ0v) is 13.9. The maximum atomic E-state index is 13.8. The lowest BCUT2D eigenvalue weighted by Gasteiger charge is -2.33. The van der Waals surface area contributed by atoms with Gasteiger partial charge in [-0.3, -0.25) is 0 Å². The number of carbonyl (C=O) groups is 1. The van der Waals surface area contributed by atoms with Gasteiger partial charge in [0, 0.05) is 25.9 Å². The zero-order valence-electron chi connectivity index (χ0n) is 13.9. The lowest BCUT2D eigenvalue weighted by atomic mass is 10.1. The number of likely N-dealkylation sites (tertiary alicyclic amines) is 1. The van der Waals surface area contributed by atoms with Crippen LogP contribution in [0.2, 0.25) is 0 Å². The van der Waals surface area contributed by atoms with E-state index in [2.05, 4.69) is 0 Å². The number of carbonyl (C=O) groups excluding carboxylic acids is 1. The number of nitriles is 1. The van der Waals surface area contributed by atoms with Crippen molar-refractivity contribution in [1.29, 1.82) is 5.26 Å². The average Bonchev–Trinajstić information content (AvgIpc) is 2.50. The Morgan fingerprint density at radius 2 is 1.83 bits per heavy atom. The lowest BCUT2D eigenvalue weighted by Crippen LogP contribution is -2.44. The molecule has 0 spiro atoms. The first-order chi connectivity index (χ1) is 11.2. The van der Waals surface area contributed by atoms with Crippen LogP contribution < -0.4 is 4.74 Å². The van der Waals surface area contributed by atoms with E-state index in [4.69, 9.17) is 14.7 Å². The van der Waals surface area contributed by atoms with Crippen LogP contribution in [0.5, 0.6) is 5.75 Å². The van der Waals surface area contributed by atoms with E-state index in [-0.39, 0.29) is 5.75 Å². The van der Waals surface area contributed by atoms with Crippen LogP contribution in [0.1, 0.15) is 39.2 Å². The summed E-state index contributed by atoms with van der Waals surface area (Å²) < 4.78 is 38.2. The van der Waals surface area contributed by atoms with Crippen molar-refractivity contribution in [2.24, 2.45) is 0 Å². The molecule has 7 heteroatoms. The molecule has 1 heterocycles. The molecular formula is C17H20F2N2O3. The normalized spacial score (nSPS) is 15.8. The van der Waals surface area contributed by atoms with E-state index in [0.717, 1.165) is 12.1 Å². The third kappa shape index (κ3) is 4.34. The van der Waals surface area contributed by atoms with E-state index in [1.165, 1.54) is 0 Å². The molecule has 0 aliphatic carbocycles. The summed E-state index contributed by atoms with van der Waals surface area (Å²) in [6, 6.07) is 3.45. The molecule has 1 aliphatic rings. The summed E-state index contributed by atoms with van der Waals surface area (Å²) in [5, 5.41) is 8.97. The summed E-state index contributed by atoms with van der Waals surface area (Å²) in [6.07, 6.45) is 0.0859. The number of benzene rings is 1. The monoisotopic (exact) mass is 338 g/mol. The minimum absolute atomic E-state index is 0.367. The molecule has 1 aromatic rings. The van der Waals surface area contributed by atoms with Crippen LogP contribution in [-0.4, -0.2) is 35.8 Å². The molecule has 2 rings (SSSR count). The van der Waals surface area contributed by atoms with Gasteiger partial charge >= 0.3 is 6.09 Å². The molecule has 1 aromatic carbocycles. The molecule has 0 aromatic heterocycles. The van der Waals surface area contributed by atoms with Gasteiger partial charge in [-0.15, -0.1) is 0 Å². The summed E-state index contributed by atoms with van der Waals surface area (Å²) in [7, 11) is 0. The molecule has 24 heavy (non-hydrogen) atoms. The highest BCUT2D eigenvalue weighted by Crippen LogP contribution is 2.28. The molecule has 1 amide bonds. The summed E-state index contributed by atoms with van der Waals surface area (Å²) >= 11 is 0. The number of amides is 1. The van der Waals surface area contributed by atoms with Gasteiger partial charge in [-0.05, 0) is 32.9 Å². The fourth-order valence-corrected chi connectivity index (χ4v) is 2.40. The smallest absolute Gasteiger partial charge is 0.410 e. The quantitative estimate of drug-likeness (QED) is 0.826. The van der Waals surface area contributed by atoms with Gasteiger partial charge in [0.2, 0.25) is 0 Å². The molecule has 0 N–H and O–H groups in total. The fraction of sp³-hybridized carbons (Fsp3) is 0.529. The third-order valence-corrected chi connectivity index (χ3v) is 3.55. The molecule has 1 saturated heterocycles. The first kappa shape index (κ1) is 18.0. The number of halogens is 2. The van der Waals surface area contributed by atoms with Crippen LogP contribution in [0.4, 0.5) is 13.6 Å². The van der Waals surface area contributed by atoms with E-state index in [0.29, 0.717) is 25.9 Å². The van der Waals surface area contributed by atoms with Crippen LogP contribution in [0.25, 0.3) is 0 Å². The van der Waals surface area contributed by atoms with E-state index >= 15 is 0 Å². The number of hydrogen-bond acceptors (Lipinski definition) is 4. The van der Waals surface area contributed by atoms with E-state index in [1.807, 2.05) is 0 Å². The molecular weight excluding hydrogens is 318 g/mol. The van der Waals surface area contributed by atoms with Gasteiger partial charge in [0.25, 0.3) is 0 Å². The first-order valence-corrected chi connectivity index (χ1v) is 7.74. The van der Waals surface area contributed by atoms with Gasteiger partial charge in [-0.2, -0.15) is 5.26 Å². The maximum Gasteiger partial charge on any atom is 0.410 e. The molecule has 130 valence electrons. The largest absolute Gasteiger partial charge is 0.486 e. The van der Waals surface area contributed by atoms with Crippen molar-refractivity contribution >= 4 is 6.09 Å². The van der Waals surface area contributed by atoms with E-state index in [1.54, 1.807) is 31.7 Å². The standard InChI is InChI=1S/C17H20F2N2O3/c1-17(2,3)24-16(22)21-8-6-11(7-9-21)23-15-12(10-20)13(18)4-5-14(15)19/h4-5,11H,6-9H2,1-3H3. The van der Waals surface area contributed by atoms with Gasteiger partial charge in [0.05, 0.1) is 0 Å². The first-order valence-electron chi connectivity index (χ1n) is 7.74. The highest BCUT2D eigenvalue weighted by molar-refractivity contribution is 5.68. The lowest BCUT2D eigenvalue weighted by molar-refractivity contribution is 0.0123. The highest BCUT2D eigenvalue weighted by Gasteiger charge is 2.29. The van der Waals surface area contributed by atoms with Crippen LogP contribution in [0.3, 0.4) is 0 Å². The van der Waals surface area contributed by atoms with Crippen molar-refractivity contribution in [1.82, 2.24) is 4.90 Å². The van der Waals surface area contributed by atoms with Gasteiger partial charge in [0.15, 0.2) is 11.6 Å². The second kappa shape index (κ2) is 7.04. The average molecular weight is 338 g/mol. The number of rotatable bonds is 2. The predicted molar refractivity (Wildman–Crippen MR) is 82.5 cm³/mol. The van der Waals surface area contributed by atoms with Crippen molar-refractivity contribution in [2.75, 3.05) is 13.1 Å². The summed E-state index contributed by atoms with van der Waals surface area (Å²) in [6.45, 7) is 6.14. The van der Waals surface area contributed by atoms with Crippen molar-refractivity contribution < 1.29 is 23.0 Å². The Kier molecular flexibility index (Phi) is 5.27. The van der Waals surface area contributed by atoms with Crippen LogP contribution in [-0.2, 0) is 4.74 Å². The molecule has 1 aliphatic heterocycles. The van der Waals surface area contributed by atoms with Crippen LogP contribution in [0.15, 0.2) is 12.1 Å². The number of nitrogens with zero attached hydrogens (tertiary/aromatic N) is 2. The van der Waals surface area contributed by atoms with Gasteiger partial charge in [0.1, 0.15) is 29.2 Å². The van der Waals surface area contributed by atoms with Gasteiger partial charge in [-0.1, -0.05) is 0 Å². The van der Waals surface area contributed by atoms with Crippen molar-refractivity contribution in [3.63, 3.8) is 0 Å². The minimum Gasteiger partial charge on any atom is -0.486 e. The molecule has 5 nitrogen and oxygen atoms in total. The Bertz CT molecular complexity index is 657. The molecule has 0 bridgehead atoms. The molecule has 0 unspecified atom stereocenters. The number of hydrogen-bond donors (Lipinski definition) is 0. The molecule has 0 saturated carbocycles. The number of ether oxygens (including phenoxy) is 2. The summed E-state index contributed by atoms with van der Waals surface area (Å²) in [4.78, 5) is 13.5. The van der Waals surface area contributed by atoms with Crippen molar-refractivity contribution in [3.8, 4) is 11.8 Å². The Morgan fingerprint density at radius 1 is 1.25 bits per heavy atom. The molecule has 0 atom stereocenters. The second-order valence-corrected chi connectivity index (χ2v) is 6.63. The molecule has 1 fully saturated rings. The van der Waals surface area contributed by atoms with Gasteiger partial charge in [-0.25, -0.2) is 13.6 Å². The van der Waals surface area contributed by atoms with E-state index < -0.39 is 35.0 Å². The zero-order chi connectivity index (χ0) is 17.9.